The van der Waals surface area contributed by atoms with E-state index < -0.39 is 11.9 Å². The van der Waals surface area contributed by atoms with Crippen molar-refractivity contribution < 1.29 is 9.52 Å². The van der Waals surface area contributed by atoms with Crippen molar-refractivity contribution in [2.24, 2.45) is 0 Å². The van der Waals surface area contributed by atoms with Crippen LogP contribution < -0.4 is 5.76 Å². The lowest BCUT2D eigenvalue weighted by atomic mass is 10.0. The molecule has 102 valence electrons. The van der Waals surface area contributed by atoms with Crippen LogP contribution in [0.2, 0.25) is 5.02 Å². The van der Waals surface area contributed by atoms with Gasteiger partial charge in [-0.1, -0.05) is 23.7 Å². The molecule has 0 radical (unpaired) electrons. The molecule has 0 aliphatic carbocycles. The molecule has 0 aliphatic rings. The summed E-state index contributed by atoms with van der Waals surface area (Å²) in [7, 11) is 0. The van der Waals surface area contributed by atoms with Crippen molar-refractivity contribution in [3.63, 3.8) is 0 Å². The summed E-state index contributed by atoms with van der Waals surface area (Å²) in [6.45, 7) is 0. The van der Waals surface area contributed by atoms with E-state index in [4.69, 9.17) is 16.0 Å². The highest BCUT2D eigenvalue weighted by molar-refractivity contribution is 9.10. The van der Waals surface area contributed by atoms with Crippen LogP contribution in [0.25, 0.3) is 11.1 Å². The van der Waals surface area contributed by atoms with E-state index in [9.17, 15) is 9.90 Å². The molecule has 0 fully saturated rings. The second kappa shape index (κ2) is 5.09. The van der Waals surface area contributed by atoms with Crippen molar-refractivity contribution in [1.82, 2.24) is 4.98 Å². The number of oxazole rings is 1. The standard InChI is InChI=1S/C14H9BrClNO3/c15-9-3-1-7(5-10(9)16)13(18)8-2-4-11-12(6-8)20-14(19)17-11/h1-6,13,18H,(H,17,19). The van der Waals surface area contributed by atoms with Gasteiger partial charge < -0.3 is 9.52 Å². The number of rotatable bonds is 2. The van der Waals surface area contributed by atoms with Gasteiger partial charge in [0.2, 0.25) is 0 Å². The SMILES string of the molecule is O=c1[nH]c2ccc(C(O)c3ccc(Br)c(Cl)c3)cc2o1. The van der Waals surface area contributed by atoms with E-state index in [1.54, 1.807) is 36.4 Å². The molecule has 1 atom stereocenters. The Morgan fingerprint density at radius 3 is 2.65 bits per heavy atom. The highest BCUT2D eigenvalue weighted by Gasteiger charge is 2.13. The zero-order valence-corrected chi connectivity index (χ0v) is 12.4. The number of aliphatic hydroxyl groups is 1. The quantitative estimate of drug-likeness (QED) is 0.738. The molecule has 1 unspecified atom stereocenters. The number of hydrogen-bond acceptors (Lipinski definition) is 3. The molecule has 0 spiro atoms. The molecule has 20 heavy (non-hydrogen) atoms. The molecule has 3 rings (SSSR count). The number of nitrogens with one attached hydrogen (secondary N) is 1. The number of aromatic nitrogens is 1. The molecule has 3 aromatic rings. The molecule has 0 aliphatic heterocycles. The Morgan fingerprint density at radius 1 is 1.20 bits per heavy atom. The van der Waals surface area contributed by atoms with E-state index in [1.165, 1.54) is 0 Å². The van der Waals surface area contributed by atoms with Crippen LogP contribution in [0.15, 0.2) is 50.1 Å². The number of fused-ring (bicyclic) bond motifs is 1. The van der Waals surface area contributed by atoms with Crippen molar-refractivity contribution in [2.45, 2.75) is 6.10 Å². The molecule has 1 heterocycles. The van der Waals surface area contributed by atoms with Crippen LogP contribution in [0, 0.1) is 0 Å². The first-order valence-electron chi connectivity index (χ1n) is 5.80. The predicted octanol–water partition coefficient (Wildman–Crippen LogP) is 3.62. The average Bonchev–Trinajstić information content (AvgIpc) is 2.80. The third kappa shape index (κ3) is 2.40. The Balaban J connectivity index is 2.04. The topological polar surface area (TPSA) is 66.2 Å². The van der Waals surface area contributed by atoms with Gasteiger partial charge in [0.25, 0.3) is 0 Å². The highest BCUT2D eigenvalue weighted by Crippen LogP contribution is 2.29. The minimum atomic E-state index is -0.842. The minimum absolute atomic E-state index is 0.412. The molecule has 0 saturated heterocycles. The first-order chi connectivity index (χ1) is 9.54. The summed E-state index contributed by atoms with van der Waals surface area (Å²) in [5, 5.41) is 10.9. The van der Waals surface area contributed by atoms with Crippen LogP contribution in [0.3, 0.4) is 0 Å². The van der Waals surface area contributed by atoms with Gasteiger partial charge in [-0.3, -0.25) is 4.98 Å². The molecule has 2 aromatic carbocycles. The first-order valence-corrected chi connectivity index (χ1v) is 6.97. The summed E-state index contributed by atoms with van der Waals surface area (Å²) in [6, 6.07) is 10.3. The van der Waals surface area contributed by atoms with Gasteiger partial charge in [-0.2, -0.15) is 0 Å². The van der Waals surface area contributed by atoms with Gasteiger partial charge in [0, 0.05) is 4.47 Å². The van der Waals surface area contributed by atoms with E-state index in [1.807, 2.05) is 0 Å². The third-order valence-electron chi connectivity index (χ3n) is 3.02. The minimum Gasteiger partial charge on any atom is -0.408 e. The average molecular weight is 355 g/mol. The zero-order valence-electron chi connectivity index (χ0n) is 10.1. The van der Waals surface area contributed by atoms with Gasteiger partial charge in [-0.25, -0.2) is 4.79 Å². The van der Waals surface area contributed by atoms with Crippen molar-refractivity contribution in [2.75, 3.05) is 0 Å². The number of H-pyrrole nitrogens is 1. The van der Waals surface area contributed by atoms with Gasteiger partial charge in [-0.15, -0.1) is 0 Å². The van der Waals surface area contributed by atoms with E-state index >= 15 is 0 Å². The summed E-state index contributed by atoms with van der Waals surface area (Å²) in [5.74, 6) is -0.515. The van der Waals surface area contributed by atoms with E-state index in [0.717, 1.165) is 4.47 Å². The molecule has 2 N–H and O–H groups in total. The van der Waals surface area contributed by atoms with E-state index in [2.05, 4.69) is 20.9 Å². The largest absolute Gasteiger partial charge is 0.417 e. The zero-order chi connectivity index (χ0) is 14.3. The first kappa shape index (κ1) is 13.4. The van der Waals surface area contributed by atoms with Crippen molar-refractivity contribution >= 4 is 38.6 Å². The van der Waals surface area contributed by atoms with Crippen LogP contribution >= 0.6 is 27.5 Å². The summed E-state index contributed by atoms with van der Waals surface area (Å²) in [6.07, 6.45) is -0.842. The van der Waals surface area contributed by atoms with Crippen LogP contribution in [-0.2, 0) is 0 Å². The fourth-order valence-corrected chi connectivity index (χ4v) is 2.44. The van der Waals surface area contributed by atoms with Crippen LogP contribution in [0.5, 0.6) is 0 Å². The van der Waals surface area contributed by atoms with Crippen molar-refractivity contribution in [3.8, 4) is 0 Å². The summed E-state index contributed by atoms with van der Waals surface area (Å²) in [4.78, 5) is 13.7. The second-order valence-corrected chi connectivity index (χ2v) is 5.61. The predicted molar refractivity (Wildman–Crippen MR) is 80.0 cm³/mol. The van der Waals surface area contributed by atoms with Gasteiger partial charge >= 0.3 is 5.76 Å². The Kier molecular flexibility index (Phi) is 3.41. The number of aliphatic hydroxyl groups excluding tert-OH is 1. The van der Waals surface area contributed by atoms with Crippen molar-refractivity contribution in [1.29, 1.82) is 0 Å². The van der Waals surface area contributed by atoms with Crippen LogP contribution in [0.4, 0.5) is 0 Å². The molecule has 6 heteroatoms. The maximum absolute atomic E-state index is 11.1. The van der Waals surface area contributed by atoms with Crippen molar-refractivity contribution in [3.05, 3.63) is 67.6 Å². The highest BCUT2D eigenvalue weighted by atomic mass is 79.9. The smallest absolute Gasteiger partial charge is 0.408 e. The molecular weight excluding hydrogens is 346 g/mol. The number of halogens is 2. The molecule has 1 aromatic heterocycles. The Hall–Kier alpha value is -1.56. The van der Waals surface area contributed by atoms with Gasteiger partial charge in [-0.05, 0) is 51.3 Å². The second-order valence-electron chi connectivity index (χ2n) is 4.35. The van der Waals surface area contributed by atoms with Gasteiger partial charge in [0.05, 0.1) is 10.5 Å². The lowest BCUT2D eigenvalue weighted by Gasteiger charge is -2.12. The van der Waals surface area contributed by atoms with Crippen LogP contribution in [0.1, 0.15) is 17.2 Å². The fraction of sp³-hybridized carbons (Fsp3) is 0.0714. The lowest BCUT2D eigenvalue weighted by Crippen LogP contribution is -1.99. The normalized spacial score (nSPS) is 12.8. The number of hydrogen-bond donors (Lipinski definition) is 2. The lowest BCUT2D eigenvalue weighted by molar-refractivity contribution is 0.220. The number of benzene rings is 2. The fourth-order valence-electron chi connectivity index (χ4n) is 2.01. The van der Waals surface area contributed by atoms with Gasteiger partial charge in [0.15, 0.2) is 5.58 Å². The molecule has 4 nitrogen and oxygen atoms in total. The molecular formula is C14H9BrClNO3. The Bertz CT molecular complexity index is 840. The third-order valence-corrected chi connectivity index (χ3v) is 4.25. The Morgan fingerprint density at radius 2 is 1.90 bits per heavy atom. The molecule has 0 amide bonds. The number of aromatic amines is 1. The maximum atomic E-state index is 11.1. The summed E-state index contributed by atoms with van der Waals surface area (Å²) < 4.78 is 5.75. The van der Waals surface area contributed by atoms with Crippen LogP contribution in [-0.4, -0.2) is 10.1 Å². The van der Waals surface area contributed by atoms with Gasteiger partial charge in [0.1, 0.15) is 6.10 Å². The molecule has 0 saturated carbocycles. The Labute approximate surface area is 127 Å². The maximum Gasteiger partial charge on any atom is 0.417 e. The summed E-state index contributed by atoms with van der Waals surface area (Å²) >= 11 is 9.32. The molecule has 0 bridgehead atoms. The monoisotopic (exact) mass is 353 g/mol. The summed E-state index contributed by atoms with van der Waals surface area (Å²) in [5.41, 5.74) is 2.30. The van der Waals surface area contributed by atoms with E-state index in [-0.39, 0.29) is 0 Å². The van der Waals surface area contributed by atoms with E-state index in [0.29, 0.717) is 27.2 Å².